The van der Waals surface area contributed by atoms with Gasteiger partial charge in [0.2, 0.25) is 0 Å². The molecule has 19 heavy (non-hydrogen) atoms. The van der Waals surface area contributed by atoms with Crippen LogP contribution in [0.1, 0.15) is 36.6 Å². The molecule has 0 bridgehead atoms. The first-order valence-electron chi connectivity index (χ1n) is 6.50. The van der Waals surface area contributed by atoms with Crippen molar-refractivity contribution in [2.45, 2.75) is 31.7 Å². The van der Waals surface area contributed by atoms with Crippen molar-refractivity contribution in [2.24, 2.45) is 0 Å². The van der Waals surface area contributed by atoms with Crippen molar-refractivity contribution < 1.29 is 14.2 Å². The van der Waals surface area contributed by atoms with Gasteiger partial charge < -0.3 is 14.2 Å². The van der Waals surface area contributed by atoms with Crippen LogP contribution < -0.4 is 0 Å². The molecule has 6 heteroatoms. The van der Waals surface area contributed by atoms with Gasteiger partial charge in [0.05, 0.1) is 24.8 Å². The van der Waals surface area contributed by atoms with Crippen LogP contribution in [0.4, 0.5) is 0 Å². The van der Waals surface area contributed by atoms with E-state index in [0.29, 0.717) is 25.7 Å². The first-order valence-corrected chi connectivity index (χ1v) is 7.91. The molecule has 0 aliphatic carbocycles. The molecule has 1 unspecified atom stereocenters. The van der Waals surface area contributed by atoms with Crippen LogP contribution in [0.15, 0.2) is 5.38 Å². The highest BCUT2D eigenvalue weighted by Crippen LogP contribution is 2.24. The Balaban J connectivity index is 2.18. The fraction of sp³-hybridized carbons (Fsp3) is 0.769. The summed E-state index contributed by atoms with van der Waals surface area (Å²) in [6.07, 6.45) is 1.86. The molecular weight excluding hydrogens is 286 g/mol. The van der Waals surface area contributed by atoms with E-state index < -0.39 is 0 Å². The molecule has 4 nitrogen and oxygen atoms in total. The van der Waals surface area contributed by atoms with E-state index in [1.165, 1.54) is 0 Å². The number of aromatic nitrogens is 1. The largest absolute Gasteiger partial charge is 0.385 e. The zero-order valence-corrected chi connectivity index (χ0v) is 13.1. The van der Waals surface area contributed by atoms with Gasteiger partial charge in [-0.2, -0.15) is 0 Å². The summed E-state index contributed by atoms with van der Waals surface area (Å²) in [4.78, 5) is 4.44. The predicted octanol–water partition coefficient (Wildman–Crippen LogP) is 3.40. The van der Waals surface area contributed by atoms with Gasteiger partial charge in [-0.1, -0.05) is 6.92 Å². The minimum absolute atomic E-state index is 0.0459. The molecule has 0 amide bonds. The van der Waals surface area contributed by atoms with Crippen LogP contribution in [0, 0.1) is 0 Å². The van der Waals surface area contributed by atoms with Crippen molar-refractivity contribution in [2.75, 3.05) is 33.5 Å². The van der Waals surface area contributed by atoms with E-state index in [1.54, 1.807) is 18.4 Å². The van der Waals surface area contributed by atoms with Crippen molar-refractivity contribution in [3.05, 3.63) is 16.1 Å². The van der Waals surface area contributed by atoms with Crippen molar-refractivity contribution in [3.8, 4) is 0 Å². The summed E-state index contributed by atoms with van der Waals surface area (Å²) >= 11 is 7.35. The standard InChI is InChI=1S/C13H22ClNO3S/c1-3-12(13-15-11(9-14)10-19-13)18-8-7-17-6-4-5-16-2/h10,12H,3-9H2,1-2H3. The molecule has 0 saturated carbocycles. The van der Waals surface area contributed by atoms with Crippen LogP contribution in [0.25, 0.3) is 0 Å². The van der Waals surface area contributed by atoms with E-state index in [9.17, 15) is 0 Å². The summed E-state index contributed by atoms with van der Waals surface area (Å²) in [5, 5.41) is 2.98. The third kappa shape index (κ3) is 6.68. The van der Waals surface area contributed by atoms with Crippen LogP contribution in [-0.2, 0) is 20.1 Å². The molecule has 1 aromatic heterocycles. The van der Waals surface area contributed by atoms with Gasteiger partial charge in [0.25, 0.3) is 0 Å². The Labute approximate surface area is 124 Å². The minimum atomic E-state index is 0.0459. The van der Waals surface area contributed by atoms with E-state index >= 15 is 0 Å². The normalized spacial score (nSPS) is 12.8. The van der Waals surface area contributed by atoms with Gasteiger partial charge in [0.1, 0.15) is 11.1 Å². The molecule has 0 aliphatic heterocycles. The lowest BCUT2D eigenvalue weighted by molar-refractivity contribution is -0.00117. The Morgan fingerprint density at radius 2 is 2.16 bits per heavy atom. The zero-order valence-electron chi connectivity index (χ0n) is 11.6. The lowest BCUT2D eigenvalue weighted by atomic mass is 10.3. The summed E-state index contributed by atoms with van der Waals surface area (Å²) in [5.74, 6) is 0.454. The maximum atomic E-state index is 5.79. The molecule has 0 fully saturated rings. The van der Waals surface area contributed by atoms with Crippen LogP contribution in [0.2, 0.25) is 0 Å². The van der Waals surface area contributed by atoms with Crippen LogP contribution in [0.5, 0.6) is 0 Å². The first-order chi connectivity index (χ1) is 9.31. The average Bonchev–Trinajstić information content (AvgIpc) is 2.91. The smallest absolute Gasteiger partial charge is 0.122 e. The van der Waals surface area contributed by atoms with Gasteiger partial charge in [0, 0.05) is 25.7 Å². The molecule has 0 N–H and O–H groups in total. The number of hydrogen-bond donors (Lipinski definition) is 0. The van der Waals surface area contributed by atoms with Crippen molar-refractivity contribution in [3.63, 3.8) is 0 Å². The number of hydrogen-bond acceptors (Lipinski definition) is 5. The fourth-order valence-corrected chi connectivity index (χ4v) is 2.73. The summed E-state index contributed by atoms with van der Waals surface area (Å²) in [5.41, 5.74) is 0.916. The molecule has 0 radical (unpaired) electrons. The predicted molar refractivity (Wildman–Crippen MR) is 78.0 cm³/mol. The molecule has 1 rings (SSSR count). The monoisotopic (exact) mass is 307 g/mol. The average molecular weight is 308 g/mol. The summed E-state index contributed by atoms with van der Waals surface area (Å²) < 4.78 is 16.2. The number of nitrogens with zero attached hydrogens (tertiary/aromatic N) is 1. The number of methoxy groups -OCH3 is 1. The van der Waals surface area contributed by atoms with Crippen LogP contribution in [-0.4, -0.2) is 38.5 Å². The zero-order chi connectivity index (χ0) is 13.9. The lowest BCUT2D eigenvalue weighted by Crippen LogP contribution is -2.10. The van der Waals surface area contributed by atoms with E-state index in [0.717, 1.165) is 30.2 Å². The highest BCUT2D eigenvalue weighted by molar-refractivity contribution is 7.09. The third-order valence-corrected chi connectivity index (χ3v) is 3.80. The maximum absolute atomic E-state index is 5.79. The summed E-state index contributed by atoms with van der Waals surface area (Å²) in [6.45, 7) is 4.72. The van der Waals surface area contributed by atoms with E-state index in [-0.39, 0.29) is 6.10 Å². The van der Waals surface area contributed by atoms with Crippen LogP contribution >= 0.6 is 22.9 Å². The maximum Gasteiger partial charge on any atom is 0.122 e. The second-order valence-corrected chi connectivity index (χ2v) is 5.19. The van der Waals surface area contributed by atoms with Gasteiger partial charge >= 0.3 is 0 Å². The SMILES string of the molecule is CCC(OCCOCCCOC)c1nc(CCl)cs1. The lowest BCUT2D eigenvalue weighted by Gasteiger charge is -2.13. The van der Waals surface area contributed by atoms with Gasteiger partial charge in [-0.15, -0.1) is 22.9 Å². The van der Waals surface area contributed by atoms with E-state index in [4.69, 9.17) is 25.8 Å². The number of halogens is 1. The molecule has 110 valence electrons. The van der Waals surface area contributed by atoms with Crippen LogP contribution in [0.3, 0.4) is 0 Å². The van der Waals surface area contributed by atoms with E-state index in [1.807, 2.05) is 5.38 Å². The van der Waals surface area contributed by atoms with Crippen molar-refractivity contribution in [1.82, 2.24) is 4.98 Å². The number of alkyl halides is 1. The highest BCUT2D eigenvalue weighted by Gasteiger charge is 2.13. The molecule has 0 spiro atoms. The first kappa shape index (κ1) is 16.9. The molecule has 1 atom stereocenters. The number of rotatable bonds is 11. The molecule has 1 aromatic rings. The Morgan fingerprint density at radius 1 is 1.32 bits per heavy atom. The van der Waals surface area contributed by atoms with Gasteiger partial charge in [-0.3, -0.25) is 0 Å². The fourth-order valence-electron chi connectivity index (χ4n) is 1.55. The topological polar surface area (TPSA) is 40.6 Å². The Kier molecular flexibility index (Phi) is 9.38. The second-order valence-electron chi connectivity index (χ2n) is 4.04. The molecule has 0 aromatic carbocycles. The van der Waals surface area contributed by atoms with Crippen molar-refractivity contribution >= 4 is 22.9 Å². The summed E-state index contributed by atoms with van der Waals surface area (Å²) in [6, 6.07) is 0. The Hall–Kier alpha value is -0.200. The molecule has 0 aliphatic rings. The number of ether oxygens (including phenoxy) is 3. The van der Waals surface area contributed by atoms with Gasteiger partial charge in [-0.25, -0.2) is 4.98 Å². The Morgan fingerprint density at radius 3 is 2.79 bits per heavy atom. The highest BCUT2D eigenvalue weighted by atomic mass is 35.5. The van der Waals surface area contributed by atoms with Gasteiger partial charge in [-0.05, 0) is 12.8 Å². The summed E-state index contributed by atoms with van der Waals surface area (Å²) in [7, 11) is 1.69. The quantitative estimate of drug-likeness (QED) is 0.464. The molecule has 0 saturated heterocycles. The Bertz CT molecular complexity index is 335. The second kappa shape index (κ2) is 10.6. The number of thiazole rings is 1. The van der Waals surface area contributed by atoms with E-state index in [2.05, 4.69) is 11.9 Å². The molecular formula is C13H22ClNO3S. The third-order valence-electron chi connectivity index (χ3n) is 2.54. The van der Waals surface area contributed by atoms with Crippen molar-refractivity contribution in [1.29, 1.82) is 0 Å². The minimum Gasteiger partial charge on any atom is -0.385 e. The van der Waals surface area contributed by atoms with Gasteiger partial charge in [0.15, 0.2) is 0 Å². The molecule has 1 heterocycles.